The number of halogens is 9. The summed E-state index contributed by atoms with van der Waals surface area (Å²) in [7, 11) is -6.11. The normalized spacial score (nSPS) is 13.4. The molecule has 0 saturated heterocycles. The van der Waals surface area contributed by atoms with E-state index in [1.54, 1.807) is 12.0 Å². The number of sulfone groups is 1. The van der Waals surface area contributed by atoms with Crippen LogP contribution < -0.4 is 20.8 Å². The third-order valence-corrected chi connectivity index (χ3v) is 12.6. The molecule has 1 aliphatic carbocycles. The zero-order chi connectivity index (χ0) is 59.8. The first-order chi connectivity index (χ1) is 35.9. The molecule has 2 heterocycles. The lowest BCUT2D eigenvalue weighted by Gasteiger charge is -2.31. The Labute approximate surface area is 462 Å². The van der Waals surface area contributed by atoms with Gasteiger partial charge < -0.3 is 39.4 Å². The number of hydrogen-bond acceptors (Lipinski definition) is 15. The summed E-state index contributed by atoms with van der Waals surface area (Å²) in [5.41, 5.74) is 5.62. The van der Waals surface area contributed by atoms with E-state index in [1.165, 1.54) is 6.20 Å². The first-order valence-electron chi connectivity index (χ1n) is 22.3. The van der Waals surface area contributed by atoms with Gasteiger partial charge >= 0.3 is 24.0 Å². The number of aromatic nitrogens is 3. The number of nitro groups is 1. The number of methoxy groups -OCH3 is 1. The van der Waals surface area contributed by atoms with Crippen molar-refractivity contribution < 1.29 is 82.8 Å². The monoisotopic (exact) mass is 1230 g/mol. The van der Waals surface area contributed by atoms with Crippen LogP contribution in [0.15, 0.2) is 70.3 Å². The Kier molecular flexibility index (Phi) is 26.3. The van der Waals surface area contributed by atoms with Crippen LogP contribution in [0.4, 0.5) is 43.5 Å². The van der Waals surface area contributed by atoms with Crippen LogP contribution in [0.3, 0.4) is 0 Å². The van der Waals surface area contributed by atoms with Crippen LogP contribution in [0.1, 0.15) is 76.5 Å². The largest absolute Gasteiger partial charge is 0.778 e. The third kappa shape index (κ3) is 21.1. The van der Waals surface area contributed by atoms with Crippen molar-refractivity contribution in [2.45, 2.75) is 69.2 Å². The maximum Gasteiger partial charge on any atom is 0.416 e. The van der Waals surface area contributed by atoms with Gasteiger partial charge in [-0.25, -0.2) is 13.1 Å². The number of alkyl halides is 7. The summed E-state index contributed by atoms with van der Waals surface area (Å²) in [5, 5.41) is 27.0. The Balaban J connectivity index is 0.000000359. The number of ketones is 1. The summed E-state index contributed by atoms with van der Waals surface area (Å²) < 4.78 is 121. The average Bonchev–Trinajstić information content (AvgIpc) is 3.91. The number of aliphatic carboxylic acids is 1. The van der Waals surface area contributed by atoms with E-state index < -0.39 is 86.8 Å². The molecule has 78 heavy (non-hydrogen) atoms. The van der Waals surface area contributed by atoms with Crippen LogP contribution in [0.25, 0.3) is 5.69 Å². The molecule has 5 aromatic rings. The molecule has 3 aromatic carbocycles. The number of benzene rings is 3. The van der Waals surface area contributed by atoms with E-state index in [0.717, 1.165) is 59.3 Å². The fraction of sp³-hybridized carbons (Fsp3) is 0.413. The molecule has 0 spiro atoms. The van der Waals surface area contributed by atoms with Crippen molar-refractivity contribution >= 4 is 98.0 Å². The van der Waals surface area contributed by atoms with E-state index in [4.69, 9.17) is 59.8 Å². The van der Waals surface area contributed by atoms with E-state index in [9.17, 15) is 68.7 Å². The van der Waals surface area contributed by atoms with Crippen molar-refractivity contribution in [1.82, 2.24) is 20.3 Å². The Morgan fingerprint density at radius 3 is 2.04 bits per heavy atom. The number of nitrogens with one attached hydrogen (secondary N) is 1. The molecule has 6 rings (SSSR count). The number of amides is 1. The van der Waals surface area contributed by atoms with Crippen molar-refractivity contribution in [2.24, 2.45) is 0 Å². The number of carbonyl (C=O) groups excluding carboxylic acids is 2. The van der Waals surface area contributed by atoms with Crippen LogP contribution in [0.5, 0.6) is 0 Å². The van der Waals surface area contributed by atoms with Gasteiger partial charge in [-0.2, -0.15) is 31.4 Å². The second kappa shape index (κ2) is 29.8. The Morgan fingerprint density at radius 2 is 1.60 bits per heavy atom. The first-order valence-corrected chi connectivity index (χ1v) is 29.7. The fourth-order valence-electron chi connectivity index (χ4n) is 6.62. The molecular weight excluding hydrogens is 1170 g/mol. The molecule has 0 aliphatic heterocycles. The Bertz CT molecular complexity index is 3020. The van der Waals surface area contributed by atoms with Gasteiger partial charge in [0, 0.05) is 24.8 Å². The van der Waals surface area contributed by atoms with Gasteiger partial charge in [-0.3, -0.25) is 29.8 Å². The number of ether oxygens (including phenoxy) is 1. The number of carboxylic acid groups (broad SMARTS) is 1. The maximum atomic E-state index is 12.8. The number of carbonyl (C=O) groups is 3. The number of aryl methyl sites for hydroxylation is 2. The van der Waals surface area contributed by atoms with E-state index in [1.807, 2.05) is 31.3 Å². The van der Waals surface area contributed by atoms with E-state index in [0.29, 0.717) is 47.5 Å². The number of nitrogens with zero attached hydrogens (tertiary/aromatic N) is 5. The minimum absolute atomic E-state index is 0.0223. The summed E-state index contributed by atoms with van der Waals surface area (Å²) in [4.78, 5) is 63.6. The van der Waals surface area contributed by atoms with Gasteiger partial charge in [0.2, 0.25) is 11.7 Å². The molecule has 5 N–H and O–H groups in total. The smallest absolute Gasteiger partial charge is 0.416 e. The highest BCUT2D eigenvalue weighted by Gasteiger charge is 2.37. The van der Waals surface area contributed by atoms with E-state index in [2.05, 4.69) is 42.0 Å². The van der Waals surface area contributed by atoms with Gasteiger partial charge in [0.15, 0.2) is 21.4 Å². The van der Waals surface area contributed by atoms with E-state index in [-0.39, 0.29) is 50.6 Å². The van der Waals surface area contributed by atoms with Crippen LogP contribution in [0, 0.1) is 17.0 Å². The number of hydrogen-bond donors (Lipinski definition) is 4. The van der Waals surface area contributed by atoms with Gasteiger partial charge in [0.05, 0.1) is 92.7 Å². The van der Waals surface area contributed by atoms with Crippen LogP contribution in [0.2, 0.25) is 10.0 Å². The zero-order valence-electron chi connectivity index (χ0n) is 42.7. The highest BCUT2D eigenvalue weighted by Crippen LogP contribution is 2.43. The van der Waals surface area contributed by atoms with Crippen molar-refractivity contribution in [3.05, 3.63) is 120 Å². The number of anilines is 2. The number of para-hydroxylation sites is 1. The molecular formula is C46H55Cl3F6N7O13PS2. The number of rotatable bonds is 16. The maximum absolute atomic E-state index is 12.8. The summed E-state index contributed by atoms with van der Waals surface area (Å²) >= 11 is 17.3. The van der Waals surface area contributed by atoms with Crippen molar-refractivity contribution in [3.8, 4) is 5.69 Å². The SMILES string of the molecule is CCc1cccc(C)c1N(C(=O)CCl)C(C)COC.CS(=O)(=O)c1cc(C(F)(F)F)ccc1C(=O)c1cnoc1C1CC1.C[S+](C)C.Nc1c([N+](=O)[O-])cnn1-c1c(Cl)cc(C(F)(F)F)cc1Cl.O=C(O)CNCP(=O)([O-])O. The lowest BCUT2D eigenvalue weighted by atomic mass is 10.0. The number of carboxylic acids is 1. The molecule has 0 bridgehead atoms. The molecule has 2 atom stereocenters. The third-order valence-electron chi connectivity index (χ3n) is 10.0. The summed E-state index contributed by atoms with van der Waals surface area (Å²) in [6.07, 6.45) is 1.82. The molecule has 1 saturated carbocycles. The molecule has 432 valence electrons. The van der Waals surface area contributed by atoms with Gasteiger partial charge in [-0.05, 0) is 85.5 Å². The topological polar surface area (TPSA) is 303 Å². The Hall–Kier alpha value is -5.29. The van der Waals surface area contributed by atoms with Gasteiger partial charge in [0.1, 0.15) is 25.4 Å². The zero-order valence-corrected chi connectivity index (χ0v) is 47.5. The quantitative estimate of drug-likeness (QED) is 0.0136. The van der Waals surface area contributed by atoms with E-state index >= 15 is 0 Å². The Morgan fingerprint density at radius 1 is 1.04 bits per heavy atom. The molecule has 1 fully saturated rings. The predicted molar refractivity (Wildman–Crippen MR) is 282 cm³/mol. The van der Waals surface area contributed by atoms with Crippen LogP contribution in [-0.4, -0.2) is 119 Å². The minimum Gasteiger partial charge on any atom is -0.778 e. The lowest BCUT2D eigenvalue weighted by Crippen LogP contribution is -2.43. The van der Waals surface area contributed by atoms with Crippen molar-refractivity contribution in [1.29, 1.82) is 0 Å². The van der Waals surface area contributed by atoms with Gasteiger partial charge in [-0.15, -0.1) is 11.6 Å². The molecule has 1 amide bonds. The molecule has 32 heteroatoms. The molecule has 2 unspecified atom stereocenters. The summed E-state index contributed by atoms with van der Waals surface area (Å²) in [5.74, 6) is -2.01. The van der Waals surface area contributed by atoms with Gasteiger partial charge in [0.25, 0.3) is 0 Å². The van der Waals surface area contributed by atoms with Crippen molar-refractivity contribution in [2.75, 3.05) is 68.1 Å². The summed E-state index contributed by atoms with van der Waals surface area (Å²) in [6.45, 7) is 6.08. The number of nitrogens with two attached hydrogens (primary N) is 1. The number of nitrogen functional groups attached to an aromatic ring is 1. The second-order valence-corrected chi connectivity index (χ2v) is 24.1. The van der Waals surface area contributed by atoms with Crippen LogP contribution >= 0.6 is 42.4 Å². The van der Waals surface area contributed by atoms with Crippen molar-refractivity contribution in [3.63, 3.8) is 0 Å². The molecule has 0 radical (unpaired) electrons. The first kappa shape index (κ1) is 68.8. The highest BCUT2D eigenvalue weighted by atomic mass is 35.5. The van der Waals surface area contributed by atoms with Crippen LogP contribution in [-0.2, 0) is 58.4 Å². The average molecular weight is 1230 g/mol. The lowest BCUT2D eigenvalue weighted by molar-refractivity contribution is -0.383. The highest BCUT2D eigenvalue weighted by molar-refractivity contribution is 7.94. The standard InChI is InChI=1S/C15H22ClNO2.C15H12F3NO4S.C10H5Cl2F3N4O2.C3H8NO5P.C3H9S/c1-5-13-8-6-7-11(2)15(13)17(14(18)9-16)12(3)10-19-4;1-24(21,22)12-6-9(15(16,17)18)4-5-10(12)13(20)11-7-19-23-14(11)8-2-3-8;11-5-1-4(10(13,14)15)2-6(12)8(5)18-9(16)7(3-17-18)19(20)21;5-3(6)1-4-2-10(7,8)9;1-4(2)3/h6-8,12H,5,9-10H2,1-4H3;4-8H,2-3H2,1H3;1-3H,16H2;4H,1-2H2,(H,5,6)(H2,7,8,9);1-3H3/q;;;;+1/p-1. The molecule has 2 aromatic heterocycles. The molecule has 20 nitrogen and oxygen atoms in total. The summed E-state index contributed by atoms with van der Waals surface area (Å²) in [6, 6.07) is 9.36. The molecule has 1 aliphatic rings. The second-order valence-electron chi connectivity index (χ2n) is 17.0. The minimum atomic E-state index is -4.71. The predicted octanol–water partition coefficient (Wildman–Crippen LogP) is 8.72. The van der Waals surface area contributed by atoms with Gasteiger partial charge in [-0.1, -0.05) is 53.5 Å². The fourth-order valence-corrected chi connectivity index (χ4v) is 8.69.